The predicted molar refractivity (Wildman–Crippen MR) is 122 cm³/mol. The molecule has 3 amide bonds. The minimum absolute atomic E-state index is 0.465. The number of carbonyl (C=O) groups excluding carboxylic acids is 2. The monoisotopic (exact) mass is 488 g/mol. The zero-order valence-corrected chi connectivity index (χ0v) is 17.4. The van der Waals surface area contributed by atoms with E-state index < -0.39 is 18.8 Å². The SMILES string of the molecule is NC(=O)NC(=O)C(I)=P(c1ccccc1)(c1ccccc1)c1ccccc1. The number of nitrogens with two attached hydrogens (primary N) is 1. The molecule has 0 spiro atoms. The van der Waals surface area contributed by atoms with Crippen molar-refractivity contribution in [2.45, 2.75) is 0 Å². The summed E-state index contributed by atoms with van der Waals surface area (Å²) in [7, 11) is 0. The molecule has 0 bridgehead atoms. The topological polar surface area (TPSA) is 72.2 Å². The lowest BCUT2D eigenvalue weighted by molar-refractivity contribution is -0.113. The second-order valence-electron chi connectivity index (χ2n) is 5.79. The molecule has 0 atom stereocenters. The fourth-order valence-corrected chi connectivity index (χ4v) is 9.49. The highest BCUT2D eigenvalue weighted by Gasteiger charge is 2.32. The van der Waals surface area contributed by atoms with Crippen LogP contribution < -0.4 is 27.0 Å². The van der Waals surface area contributed by atoms with Crippen LogP contribution in [0.25, 0.3) is 0 Å². The first-order chi connectivity index (χ1) is 13.1. The molecule has 0 aliphatic heterocycles. The zero-order chi connectivity index (χ0) is 19.3. The van der Waals surface area contributed by atoms with Gasteiger partial charge in [0.05, 0.1) is 3.30 Å². The van der Waals surface area contributed by atoms with Gasteiger partial charge in [0, 0.05) is 0 Å². The molecule has 3 N–H and O–H groups in total. The molecule has 0 heterocycles. The molecule has 0 radical (unpaired) electrons. The average molecular weight is 488 g/mol. The molecule has 4 nitrogen and oxygen atoms in total. The summed E-state index contributed by atoms with van der Waals surface area (Å²) >= 11 is 2.07. The van der Waals surface area contributed by atoms with Crippen molar-refractivity contribution in [2.24, 2.45) is 5.73 Å². The summed E-state index contributed by atoms with van der Waals surface area (Å²) < 4.78 is 0.544. The number of benzene rings is 3. The van der Waals surface area contributed by atoms with Crippen molar-refractivity contribution in [1.82, 2.24) is 5.32 Å². The van der Waals surface area contributed by atoms with Crippen LogP contribution in [0.2, 0.25) is 0 Å². The largest absolute Gasteiger partial charge is 0.351 e. The molecule has 3 rings (SSSR count). The van der Waals surface area contributed by atoms with E-state index in [1.54, 1.807) is 0 Å². The first kappa shape index (κ1) is 19.4. The van der Waals surface area contributed by atoms with Crippen LogP contribution in [0.5, 0.6) is 0 Å². The molecule has 0 aromatic heterocycles. The Balaban J connectivity index is 2.48. The number of urea groups is 1. The van der Waals surface area contributed by atoms with E-state index in [0.29, 0.717) is 3.30 Å². The van der Waals surface area contributed by atoms with Crippen molar-refractivity contribution in [3.8, 4) is 0 Å². The van der Waals surface area contributed by atoms with E-state index in [1.807, 2.05) is 91.0 Å². The maximum absolute atomic E-state index is 12.9. The number of carbonyl (C=O) groups is 2. The van der Waals surface area contributed by atoms with Crippen LogP contribution in [0.3, 0.4) is 0 Å². The van der Waals surface area contributed by atoms with Crippen LogP contribution in [0, 0.1) is 0 Å². The van der Waals surface area contributed by atoms with Crippen molar-refractivity contribution in [2.75, 3.05) is 0 Å². The third kappa shape index (κ3) is 3.84. The highest BCUT2D eigenvalue weighted by Crippen LogP contribution is 2.47. The molecule has 27 heavy (non-hydrogen) atoms. The van der Waals surface area contributed by atoms with E-state index >= 15 is 0 Å². The first-order valence-corrected chi connectivity index (χ1v) is 11.1. The second kappa shape index (κ2) is 8.55. The number of nitrogens with one attached hydrogen (secondary N) is 1. The Morgan fingerprint density at radius 2 is 1.04 bits per heavy atom. The van der Waals surface area contributed by atoms with Crippen LogP contribution in [-0.4, -0.2) is 15.2 Å². The summed E-state index contributed by atoms with van der Waals surface area (Å²) in [6.07, 6.45) is 0. The zero-order valence-electron chi connectivity index (χ0n) is 14.4. The van der Waals surface area contributed by atoms with Crippen LogP contribution in [0.1, 0.15) is 0 Å². The number of hydrogen-bond acceptors (Lipinski definition) is 2. The Labute approximate surface area is 171 Å². The summed E-state index contributed by atoms with van der Waals surface area (Å²) in [5.74, 6) is -0.465. The van der Waals surface area contributed by atoms with Crippen molar-refractivity contribution >= 4 is 60.6 Å². The Bertz CT molecular complexity index is 903. The van der Waals surface area contributed by atoms with Crippen LogP contribution in [-0.2, 0) is 4.79 Å². The van der Waals surface area contributed by atoms with Crippen molar-refractivity contribution in [1.29, 1.82) is 0 Å². The molecular formula is C21H18IN2O2P. The van der Waals surface area contributed by atoms with Gasteiger partial charge in [0.1, 0.15) is 0 Å². The molecule has 0 saturated carbocycles. The number of primary amides is 1. The first-order valence-electron chi connectivity index (χ1n) is 8.26. The normalized spacial score (nSPS) is 10.9. The van der Waals surface area contributed by atoms with Crippen molar-refractivity contribution < 1.29 is 9.59 Å². The van der Waals surface area contributed by atoms with E-state index in [2.05, 4.69) is 27.9 Å². The van der Waals surface area contributed by atoms with Gasteiger partial charge in [0.2, 0.25) is 0 Å². The highest BCUT2D eigenvalue weighted by atomic mass is 127. The summed E-state index contributed by atoms with van der Waals surface area (Å²) in [5.41, 5.74) is 5.22. The Kier molecular flexibility index (Phi) is 6.14. The molecular weight excluding hydrogens is 470 g/mol. The van der Waals surface area contributed by atoms with E-state index in [0.717, 1.165) is 15.9 Å². The van der Waals surface area contributed by atoms with E-state index in [4.69, 9.17) is 5.73 Å². The average Bonchev–Trinajstić information content (AvgIpc) is 2.70. The minimum Gasteiger partial charge on any atom is -0.351 e. The number of imide groups is 1. The summed E-state index contributed by atoms with van der Waals surface area (Å²) in [4.78, 5) is 24.2. The molecule has 3 aromatic carbocycles. The molecule has 3 aromatic rings. The molecule has 0 fully saturated rings. The Morgan fingerprint density at radius 1 is 0.704 bits per heavy atom. The highest BCUT2D eigenvalue weighted by molar-refractivity contribution is 14.1. The minimum atomic E-state index is -2.47. The number of amides is 3. The van der Waals surface area contributed by atoms with Gasteiger partial charge in [0.15, 0.2) is 0 Å². The van der Waals surface area contributed by atoms with Crippen LogP contribution in [0.15, 0.2) is 91.0 Å². The Hall–Kier alpha value is -2.37. The molecule has 0 unspecified atom stereocenters. The van der Waals surface area contributed by atoms with Gasteiger partial charge in [-0.1, -0.05) is 91.0 Å². The van der Waals surface area contributed by atoms with Crippen molar-refractivity contribution in [3.05, 3.63) is 91.0 Å². The van der Waals surface area contributed by atoms with Gasteiger partial charge in [-0.2, -0.15) is 0 Å². The van der Waals surface area contributed by atoms with Gasteiger partial charge < -0.3 is 5.73 Å². The van der Waals surface area contributed by atoms with E-state index in [1.165, 1.54) is 0 Å². The third-order valence-corrected chi connectivity index (χ3v) is 10.8. The van der Waals surface area contributed by atoms with Gasteiger partial charge >= 0.3 is 6.03 Å². The van der Waals surface area contributed by atoms with Gasteiger partial charge in [-0.25, -0.2) is 4.79 Å². The number of halogens is 1. The van der Waals surface area contributed by atoms with Gasteiger partial charge in [-0.05, 0) is 45.4 Å². The standard InChI is InChI=1S/C21H18IN2O2P/c22-19(20(25)24-21(23)26)27(16-10-4-1-5-11-16,17-12-6-2-7-13-17)18-14-8-3-9-15-18/h1-15H,(H3,23,24,25,26). The fraction of sp³-hybridized carbons (Fsp3) is 0. The Morgan fingerprint density at radius 3 is 1.33 bits per heavy atom. The van der Waals surface area contributed by atoms with E-state index in [9.17, 15) is 9.59 Å². The molecule has 0 aliphatic rings. The number of hydrogen-bond donors (Lipinski definition) is 2. The van der Waals surface area contributed by atoms with Crippen molar-refractivity contribution in [3.63, 3.8) is 0 Å². The van der Waals surface area contributed by atoms with Crippen LogP contribution in [0.4, 0.5) is 4.79 Å². The second-order valence-corrected chi connectivity index (χ2v) is 11.1. The van der Waals surface area contributed by atoms with Gasteiger partial charge in [-0.3, -0.25) is 10.1 Å². The summed E-state index contributed by atoms with van der Waals surface area (Å²) in [5, 5.41) is 5.34. The molecule has 136 valence electrons. The van der Waals surface area contributed by atoms with Crippen LogP contribution >= 0.6 is 29.5 Å². The molecule has 0 aliphatic carbocycles. The molecule has 6 heteroatoms. The smallest absolute Gasteiger partial charge is 0.319 e. The lowest BCUT2D eigenvalue weighted by Crippen LogP contribution is -2.41. The lowest BCUT2D eigenvalue weighted by Gasteiger charge is -2.30. The van der Waals surface area contributed by atoms with Gasteiger partial charge in [0.25, 0.3) is 5.91 Å². The number of rotatable bonds is 4. The van der Waals surface area contributed by atoms with E-state index in [-0.39, 0.29) is 0 Å². The maximum atomic E-state index is 12.9. The predicted octanol–water partition coefficient (Wildman–Crippen LogP) is 2.74. The lowest BCUT2D eigenvalue weighted by atomic mass is 10.4. The summed E-state index contributed by atoms with van der Waals surface area (Å²) in [6, 6.07) is 29.0. The maximum Gasteiger partial charge on any atom is 0.319 e. The fourth-order valence-electron chi connectivity index (χ4n) is 3.06. The molecule has 0 saturated heterocycles. The summed E-state index contributed by atoms with van der Waals surface area (Å²) in [6.45, 7) is -2.47. The van der Waals surface area contributed by atoms with Gasteiger partial charge in [-0.15, -0.1) is 0 Å². The third-order valence-electron chi connectivity index (χ3n) is 4.15. The quantitative estimate of drug-likeness (QED) is 0.438.